The second kappa shape index (κ2) is 5.28. The van der Waals surface area contributed by atoms with Crippen molar-refractivity contribution in [2.24, 2.45) is 0 Å². The standard InChI is InChI=1S/C6H15NO2Si2/c1-4(2)7-6(8)5(3)11-9-10/h4H,3,11H2,1-2,10H3,(H,7,8). The third-order valence-corrected chi connectivity index (χ3v) is 2.88. The number of amides is 1. The van der Waals surface area contributed by atoms with Crippen LogP contribution in [0.1, 0.15) is 13.8 Å². The van der Waals surface area contributed by atoms with E-state index in [-0.39, 0.29) is 11.9 Å². The van der Waals surface area contributed by atoms with E-state index in [9.17, 15) is 4.79 Å². The first-order valence-electron chi connectivity index (χ1n) is 3.55. The lowest BCUT2D eigenvalue weighted by Gasteiger charge is -2.08. The van der Waals surface area contributed by atoms with Crippen LogP contribution in [0.25, 0.3) is 0 Å². The minimum Gasteiger partial charge on any atom is -0.464 e. The van der Waals surface area contributed by atoms with Crippen LogP contribution in [0.5, 0.6) is 0 Å². The van der Waals surface area contributed by atoms with Crippen LogP contribution in [0.2, 0.25) is 0 Å². The zero-order valence-electron chi connectivity index (χ0n) is 7.31. The average Bonchev–Trinajstić information content (AvgIpc) is 1.86. The van der Waals surface area contributed by atoms with Crippen LogP contribution in [0.4, 0.5) is 0 Å². The van der Waals surface area contributed by atoms with Gasteiger partial charge in [-0.2, -0.15) is 0 Å². The summed E-state index contributed by atoms with van der Waals surface area (Å²) >= 11 is 0. The largest absolute Gasteiger partial charge is 0.464 e. The molecule has 0 rings (SSSR count). The molecule has 0 bridgehead atoms. The summed E-state index contributed by atoms with van der Waals surface area (Å²) in [6.45, 7) is 7.49. The van der Waals surface area contributed by atoms with Crippen molar-refractivity contribution in [3.63, 3.8) is 0 Å². The van der Waals surface area contributed by atoms with Crippen LogP contribution in [0.15, 0.2) is 11.8 Å². The molecule has 11 heavy (non-hydrogen) atoms. The van der Waals surface area contributed by atoms with Crippen LogP contribution < -0.4 is 5.32 Å². The number of rotatable bonds is 4. The molecular formula is C6H15NO2Si2. The van der Waals surface area contributed by atoms with Crippen LogP contribution in [-0.2, 0) is 8.91 Å². The highest BCUT2D eigenvalue weighted by Gasteiger charge is 2.06. The van der Waals surface area contributed by atoms with Crippen LogP contribution in [-0.4, -0.2) is 32.2 Å². The number of hydrogen-bond acceptors (Lipinski definition) is 2. The molecule has 1 amide bonds. The molecule has 0 spiro atoms. The van der Waals surface area contributed by atoms with Crippen LogP contribution in [0, 0.1) is 0 Å². The van der Waals surface area contributed by atoms with Gasteiger partial charge in [0.2, 0.25) is 5.91 Å². The van der Waals surface area contributed by atoms with Gasteiger partial charge in [-0.25, -0.2) is 0 Å². The van der Waals surface area contributed by atoms with Crippen molar-refractivity contribution in [2.75, 3.05) is 0 Å². The van der Waals surface area contributed by atoms with E-state index in [2.05, 4.69) is 11.9 Å². The Hall–Kier alpha value is -0.396. The molecule has 0 aromatic rings. The second-order valence-corrected chi connectivity index (χ2v) is 6.12. The van der Waals surface area contributed by atoms with Gasteiger partial charge in [-0.15, -0.1) is 0 Å². The lowest BCUT2D eigenvalue weighted by atomic mass is 10.4. The Labute approximate surface area is 72.7 Å². The van der Waals surface area contributed by atoms with Gasteiger partial charge >= 0.3 is 0 Å². The first-order valence-corrected chi connectivity index (χ1v) is 5.65. The number of carbonyl (C=O) groups is 1. The van der Waals surface area contributed by atoms with Gasteiger partial charge in [0.15, 0.2) is 9.76 Å². The summed E-state index contributed by atoms with van der Waals surface area (Å²) in [4.78, 5) is 11.1. The molecule has 64 valence electrons. The summed E-state index contributed by atoms with van der Waals surface area (Å²) < 4.78 is 5.02. The lowest BCUT2D eigenvalue weighted by Crippen LogP contribution is -2.32. The summed E-state index contributed by atoms with van der Waals surface area (Å²) in [6, 6.07) is 0.183. The maximum atomic E-state index is 11.1. The third-order valence-electron chi connectivity index (χ3n) is 1.06. The fraction of sp³-hybridized carbons (Fsp3) is 0.500. The molecule has 0 radical (unpaired) electrons. The van der Waals surface area contributed by atoms with Gasteiger partial charge in [-0.1, -0.05) is 6.58 Å². The minimum absolute atomic E-state index is 0.0532. The zero-order valence-corrected chi connectivity index (χ0v) is 10.7. The molecule has 0 aliphatic rings. The van der Waals surface area contributed by atoms with Crippen LogP contribution in [0.3, 0.4) is 0 Å². The van der Waals surface area contributed by atoms with E-state index in [1.165, 1.54) is 0 Å². The number of carbonyl (C=O) groups excluding carboxylic acids is 1. The maximum absolute atomic E-state index is 11.1. The zero-order chi connectivity index (χ0) is 8.85. The second-order valence-electron chi connectivity index (χ2n) is 2.66. The van der Waals surface area contributed by atoms with Gasteiger partial charge in [0.25, 0.3) is 0 Å². The van der Waals surface area contributed by atoms with Crippen molar-refractivity contribution >= 4 is 26.2 Å². The first-order chi connectivity index (χ1) is 5.07. The Morgan fingerprint density at radius 3 is 2.64 bits per heavy atom. The molecule has 0 aromatic heterocycles. The quantitative estimate of drug-likeness (QED) is 0.428. The molecule has 0 atom stereocenters. The fourth-order valence-corrected chi connectivity index (χ4v) is 2.23. The normalized spacial score (nSPS) is 11.2. The Kier molecular flexibility index (Phi) is 5.09. The highest BCUT2D eigenvalue weighted by Crippen LogP contribution is 1.88. The van der Waals surface area contributed by atoms with Gasteiger partial charge in [0, 0.05) is 11.2 Å². The van der Waals surface area contributed by atoms with Gasteiger partial charge < -0.3 is 9.43 Å². The summed E-state index contributed by atoms with van der Waals surface area (Å²) in [5, 5.41) is 3.39. The van der Waals surface area contributed by atoms with Crippen molar-refractivity contribution in [2.45, 2.75) is 19.9 Å². The highest BCUT2D eigenvalue weighted by molar-refractivity contribution is 6.51. The predicted octanol–water partition coefficient (Wildman–Crippen LogP) is -1.59. The molecule has 5 heteroatoms. The van der Waals surface area contributed by atoms with Gasteiger partial charge in [-0.3, -0.25) is 4.79 Å². The van der Waals surface area contributed by atoms with Gasteiger partial charge in [0.05, 0.1) is 0 Å². The molecule has 0 fully saturated rings. The average molecular weight is 189 g/mol. The Bertz CT molecular complexity index is 159. The summed E-state index contributed by atoms with van der Waals surface area (Å²) in [5.74, 6) is -0.0532. The highest BCUT2D eigenvalue weighted by atomic mass is 28.3. The van der Waals surface area contributed by atoms with E-state index in [0.29, 0.717) is 15.7 Å². The molecule has 0 saturated heterocycles. The summed E-state index contributed by atoms with van der Waals surface area (Å²) in [6.07, 6.45) is 0. The van der Waals surface area contributed by atoms with Gasteiger partial charge in [0.1, 0.15) is 10.5 Å². The third kappa shape index (κ3) is 4.94. The molecule has 3 nitrogen and oxygen atoms in total. The van der Waals surface area contributed by atoms with Crippen molar-refractivity contribution < 1.29 is 8.91 Å². The maximum Gasteiger partial charge on any atom is 0.244 e. The molecule has 0 unspecified atom stereocenters. The van der Waals surface area contributed by atoms with E-state index >= 15 is 0 Å². The summed E-state index contributed by atoms with van der Waals surface area (Å²) in [7, 11) is -0.0867. The Morgan fingerprint density at radius 1 is 1.73 bits per heavy atom. The number of hydrogen-bond donors (Lipinski definition) is 1. The van der Waals surface area contributed by atoms with E-state index in [4.69, 9.17) is 4.12 Å². The van der Waals surface area contributed by atoms with E-state index < -0.39 is 9.76 Å². The van der Waals surface area contributed by atoms with E-state index in [0.717, 1.165) is 0 Å². The van der Waals surface area contributed by atoms with Crippen molar-refractivity contribution in [1.29, 1.82) is 0 Å². The van der Waals surface area contributed by atoms with E-state index in [1.54, 1.807) is 0 Å². The molecule has 0 aromatic carbocycles. The van der Waals surface area contributed by atoms with E-state index in [1.807, 2.05) is 13.8 Å². The Balaban J connectivity index is 3.74. The molecule has 0 saturated carbocycles. The minimum atomic E-state index is -0.789. The fourth-order valence-electron chi connectivity index (χ4n) is 0.604. The molecule has 0 aliphatic carbocycles. The smallest absolute Gasteiger partial charge is 0.244 e. The Morgan fingerprint density at radius 2 is 2.27 bits per heavy atom. The molecule has 1 N–H and O–H groups in total. The SMILES string of the molecule is C=C([SiH2]O[SiH3])C(=O)NC(C)C. The first kappa shape index (κ1) is 10.6. The van der Waals surface area contributed by atoms with Crippen molar-refractivity contribution in [3.8, 4) is 0 Å². The predicted molar refractivity (Wildman–Crippen MR) is 52.0 cm³/mol. The number of nitrogens with one attached hydrogen (secondary N) is 1. The summed E-state index contributed by atoms with van der Waals surface area (Å²) in [5.41, 5.74) is 0. The van der Waals surface area contributed by atoms with Gasteiger partial charge in [-0.05, 0) is 13.8 Å². The topological polar surface area (TPSA) is 38.3 Å². The van der Waals surface area contributed by atoms with Crippen LogP contribution >= 0.6 is 0 Å². The monoisotopic (exact) mass is 189 g/mol. The molecular weight excluding hydrogens is 174 g/mol. The lowest BCUT2D eigenvalue weighted by molar-refractivity contribution is -0.117. The van der Waals surface area contributed by atoms with Crippen molar-refractivity contribution in [3.05, 3.63) is 11.8 Å². The molecule has 0 heterocycles. The van der Waals surface area contributed by atoms with Crippen molar-refractivity contribution in [1.82, 2.24) is 5.32 Å². The molecule has 0 aliphatic heterocycles.